The summed E-state index contributed by atoms with van der Waals surface area (Å²) in [7, 11) is -2.06. The van der Waals surface area contributed by atoms with Crippen molar-refractivity contribution in [3.8, 4) is 5.75 Å². The van der Waals surface area contributed by atoms with Crippen molar-refractivity contribution in [2.75, 3.05) is 7.11 Å². The molecule has 0 saturated heterocycles. The molecule has 0 saturated carbocycles. The predicted molar refractivity (Wildman–Crippen MR) is 100 cm³/mol. The van der Waals surface area contributed by atoms with Gasteiger partial charge in [0, 0.05) is 16.2 Å². The second-order valence-electron chi connectivity index (χ2n) is 5.54. The summed E-state index contributed by atoms with van der Waals surface area (Å²) in [4.78, 5) is 4.66. The summed E-state index contributed by atoms with van der Waals surface area (Å²) >= 11 is 5.88. The van der Waals surface area contributed by atoms with Gasteiger partial charge in [-0.25, -0.2) is 8.42 Å². The van der Waals surface area contributed by atoms with Gasteiger partial charge in [-0.3, -0.25) is 9.71 Å². The first-order chi connectivity index (χ1) is 11.9. The number of amidine groups is 1. The van der Waals surface area contributed by atoms with Crippen LogP contribution in [0.3, 0.4) is 0 Å². The number of para-hydroxylation sites is 1. The van der Waals surface area contributed by atoms with Gasteiger partial charge in [0.05, 0.1) is 13.7 Å². The zero-order valence-corrected chi connectivity index (χ0v) is 15.4. The van der Waals surface area contributed by atoms with Crippen molar-refractivity contribution in [1.82, 2.24) is 4.72 Å². The Morgan fingerprint density at radius 3 is 2.48 bits per heavy atom. The number of benzene rings is 2. The Labute approximate surface area is 152 Å². The van der Waals surface area contributed by atoms with Crippen LogP contribution >= 0.6 is 11.6 Å². The largest absolute Gasteiger partial charge is 0.496 e. The van der Waals surface area contributed by atoms with Crippen molar-refractivity contribution in [1.29, 1.82) is 0 Å². The van der Waals surface area contributed by atoms with E-state index in [0.29, 0.717) is 34.3 Å². The van der Waals surface area contributed by atoms with E-state index in [1.165, 1.54) is 0 Å². The number of halogens is 1. The predicted octanol–water partition coefficient (Wildman–Crippen LogP) is 3.61. The molecule has 1 heterocycles. The molecule has 0 amide bonds. The van der Waals surface area contributed by atoms with Crippen molar-refractivity contribution < 1.29 is 13.2 Å². The maximum Gasteiger partial charge on any atom is 0.264 e. The lowest BCUT2D eigenvalue weighted by molar-refractivity contribution is 0.410. The quantitative estimate of drug-likeness (QED) is 0.886. The van der Waals surface area contributed by atoms with Crippen LogP contribution in [0.4, 0.5) is 0 Å². The van der Waals surface area contributed by atoms with Crippen LogP contribution in [0.2, 0.25) is 5.02 Å². The molecule has 0 aliphatic carbocycles. The number of rotatable bonds is 4. The molecule has 0 bridgehead atoms. The highest BCUT2D eigenvalue weighted by molar-refractivity contribution is 8.00. The molecule has 3 rings (SSSR count). The van der Waals surface area contributed by atoms with Crippen LogP contribution in [0.15, 0.2) is 59.1 Å². The molecule has 0 spiro atoms. The van der Waals surface area contributed by atoms with E-state index in [-0.39, 0.29) is 4.91 Å². The smallest absolute Gasteiger partial charge is 0.264 e. The molecule has 1 aliphatic heterocycles. The molecule has 7 heteroatoms. The first-order valence-corrected chi connectivity index (χ1v) is 9.45. The van der Waals surface area contributed by atoms with Crippen LogP contribution in [0, 0.1) is 0 Å². The van der Waals surface area contributed by atoms with Crippen molar-refractivity contribution >= 4 is 32.4 Å². The molecule has 1 aliphatic rings. The first kappa shape index (κ1) is 17.5. The van der Waals surface area contributed by atoms with Gasteiger partial charge in [-0.15, -0.1) is 0 Å². The molecule has 2 aromatic rings. The molecular weight excluding hydrogens is 360 g/mol. The van der Waals surface area contributed by atoms with Crippen molar-refractivity contribution in [2.45, 2.75) is 13.5 Å². The van der Waals surface area contributed by atoms with Gasteiger partial charge < -0.3 is 4.74 Å². The van der Waals surface area contributed by atoms with E-state index >= 15 is 0 Å². The third-order valence-corrected chi connectivity index (χ3v) is 5.70. The number of nitrogens with zero attached hydrogens (tertiary/aromatic N) is 1. The molecule has 25 heavy (non-hydrogen) atoms. The van der Waals surface area contributed by atoms with E-state index in [9.17, 15) is 8.42 Å². The summed E-state index contributed by atoms with van der Waals surface area (Å²) < 4.78 is 32.8. The third-order valence-electron chi connectivity index (χ3n) is 3.90. The zero-order chi connectivity index (χ0) is 18.0. The maximum absolute atomic E-state index is 12.5. The van der Waals surface area contributed by atoms with Crippen LogP contribution < -0.4 is 9.46 Å². The third kappa shape index (κ3) is 3.55. The lowest BCUT2D eigenvalue weighted by atomic mass is 10.1. The summed E-state index contributed by atoms with van der Waals surface area (Å²) in [5.41, 5.74) is 2.04. The average molecular weight is 377 g/mol. The number of methoxy groups -OCH3 is 1. The second-order valence-corrected chi connectivity index (χ2v) is 7.60. The summed E-state index contributed by atoms with van der Waals surface area (Å²) in [6.07, 6.45) is 0. The van der Waals surface area contributed by atoms with Crippen LogP contribution in [-0.2, 0) is 16.6 Å². The molecule has 130 valence electrons. The summed E-state index contributed by atoms with van der Waals surface area (Å²) in [6, 6.07) is 14.2. The Morgan fingerprint density at radius 1 is 1.12 bits per heavy atom. The van der Waals surface area contributed by atoms with Gasteiger partial charge >= 0.3 is 0 Å². The van der Waals surface area contributed by atoms with Gasteiger partial charge in [0.25, 0.3) is 10.0 Å². The Bertz CT molecular complexity index is 964. The minimum atomic E-state index is -3.65. The van der Waals surface area contributed by atoms with Gasteiger partial charge in [-0.1, -0.05) is 41.9 Å². The minimum Gasteiger partial charge on any atom is -0.496 e. The fraction of sp³-hybridized carbons (Fsp3) is 0.167. The summed E-state index contributed by atoms with van der Waals surface area (Å²) in [5.74, 6) is 1.06. The molecule has 0 fully saturated rings. The fourth-order valence-electron chi connectivity index (χ4n) is 2.69. The fourth-order valence-corrected chi connectivity index (χ4v) is 4.33. The van der Waals surface area contributed by atoms with E-state index in [1.807, 2.05) is 24.3 Å². The van der Waals surface area contributed by atoms with Crippen molar-refractivity contribution in [3.05, 3.63) is 70.3 Å². The Hall–Kier alpha value is -2.31. The SMILES string of the molecule is COc1ccccc1CN=C1NS(=O)(=O)C(c2ccc(Cl)cc2)=C1C. The van der Waals surface area contributed by atoms with E-state index < -0.39 is 10.0 Å². The molecule has 5 nitrogen and oxygen atoms in total. The highest BCUT2D eigenvalue weighted by Crippen LogP contribution is 2.30. The standard InChI is InChI=1S/C18H17ClN2O3S/c1-12-17(13-7-9-15(19)10-8-13)25(22,23)21-18(12)20-11-14-5-3-4-6-16(14)24-2/h3-10H,11H2,1-2H3,(H,20,21). The highest BCUT2D eigenvalue weighted by atomic mass is 35.5. The Balaban J connectivity index is 1.97. The summed E-state index contributed by atoms with van der Waals surface area (Å²) in [5, 5.41) is 0.551. The minimum absolute atomic E-state index is 0.225. The average Bonchev–Trinajstić information content (AvgIpc) is 2.83. The van der Waals surface area contributed by atoms with Gasteiger partial charge in [0.2, 0.25) is 0 Å². The molecule has 0 radical (unpaired) electrons. The topological polar surface area (TPSA) is 67.8 Å². The Kier molecular flexibility index (Phi) is 4.83. The van der Waals surface area contributed by atoms with E-state index in [1.54, 1.807) is 38.3 Å². The second kappa shape index (κ2) is 6.90. The Morgan fingerprint density at radius 2 is 1.80 bits per heavy atom. The molecule has 0 aromatic heterocycles. The number of sulfonamides is 1. The molecule has 0 atom stereocenters. The maximum atomic E-state index is 12.5. The number of nitrogens with one attached hydrogen (secondary N) is 1. The molecular formula is C18H17ClN2O3S. The van der Waals surface area contributed by atoms with E-state index in [4.69, 9.17) is 16.3 Å². The molecule has 2 aromatic carbocycles. The number of aliphatic imine (C=N–C) groups is 1. The van der Waals surface area contributed by atoms with Gasteiger partial charge in [0.15, 0.2) is 0 Å². The van der Waals surface area contributed by atoms with E-state index in [0.717, 1.165) is 5.56 Å². The van der Waals surface area contributed by atoms with Crippen molar-refractivity contribution in [3.63, 3.8) is 0 Å². The van der Waals surface area contributed by atoms with Crippen LogP contribution in [0.1, 0.15) is 18.1 Å². The lowest BCUT2D eigenvalue weighted by Gasteiger charge is -2.06. The normalized spacial score (nSPS) is 17.6. The van der Waals surface area contributed by atoms with Crippen LogP contribution in [-0.4, -0.2) is 21.4 Å². The van der Waals surface area contributed by atoms with Gasteiger partial charge in [-0.2, -0.15) is 0 Å². The van der Waals surface area contributed by atoms with Crippen LogP contribution in [0.25, 0.3) is 4.91 Å². The van der Waals surface area contributed by atoms with Crippen molar-refractivity contribution in [2.24, 2.45) is 4.99 Å². The highest BCUT2D eigenvalue weighted by Gasteiger charge is 2.32. The monoisotopic (exact) mass is 376 g/mol. The molecule has 0 unspecified atom stereocenters. The zero-order valence-electron chi connectivity index (χ0n) is 13.8. The number of hydrogen-bond donors (Lipinski definition) is 1. The number of ether oxygens (including phenoxy) is 1. The number of hydrogen-bond acceptors (Lipinski definition) is 4. The van der Waals surface area contributed by atoms with E-state index in [2.05, 4.69) is 9.71 Å². The lowest BCUT2D eigenvalue weighted by Crippen LogP contribution is -2.23. The van der Waals surface area contributed by atoms with Gasteiger partial charge in [0.1, 0.15) is 16.5 Å². The molecule has 1 N–H and O–H groups in total. The van der Waals surface area contributed by atoms with Gasteiger partial charge in [-0.05, 0) is 30.7 Å². The first-order valence-electron chi connectivity index (χ1n) is 7.59. The van der Waals surface area contributed by atoms with Crippen LogP contribution in [0.5, 0.6) is 5.75 Å². The summed E-state index contributed by atoms with van der Waals surface area (Å²) in [6.45, 7) is 2.05.